The number of thiophene rings is 1. The Hall–Kier alpha value is -1.17. The van der Waals surface area contributed by atoms with Gasteiger partial charge in [0.1, 0.15) is 0 Å². The van der Waals surface area contributed by atoms with Gasteiger partial charge >= 0.3 is 0 Å². The van der Waals surface area contributed by atoms with Crippen LogP contribution < -0.4 is 4.72 Å². The van der Waals surface area contributed by atoms with Crippen molar-refractivity contribution in [3.05, 3.63) is 52.2 Å². The van der Waals surface area contributed by atoms with Gasteiger partial charge < -0.3 is 0 Å². The third kappa shape index (κ3) is 3.15. The summed E-state index contributed by atoms with van der Waals surface area (Å²) < 4.78 is 26.4. The van der Waals surface area contributed by atoms with E-state index < -0.39 is 10.0 Å². The molecule has 0 amide bonds. The first kappa shape index (κ1) is 12.3. The van der Waals surface area contributed by atoms with Gasteiger partial charge in [-0.15, -0.1) is 11.3 Å². The van der Waals surface area contributed by atoms with Crippen LogP contribution in [0.1, 0.15) is 10.4 Å². The molecule has 0 fully saturated rings. The van der Waals surface area contributed by atoms with Crippen molar-refractivity contribution in [2.24, 2.45) is 0 Å². The van der Waals surface area contributed by atoms with Gasteiger partial charge in [-0.1, -0.05) is 23.8 Å². The Labute approximate surface area is 105 Å². The van der Waals surface area contributed by atoms with E-state index in [1.807, 2.05) is 24.4 Å². The molecule has 2 aromatic rings. The number of hydrogen-bond donors (Lipinski definition) is 1. The van der Waals surface area contributed by atoms with Crippen molar-refractivity contribution < 1.29 is 8.42 Å². The Morgan fingerprint density at radius 1 is 1.18 bits per heavy atom. The summed E-state index contributed by atoms with van der Waals surface area (Å²) in [6.07, 6.45) is 0. The van der Waals surface area contributed by atoms with Gasteiger partial charge in [-0.25, -0.2) is 13.1 Å². The average molecular weight is 267 g/mol. The van der Waals surface area contributed by atoms with Crippen molar-refractivity contribution in [1.82, 2.24) is 4.72 Å². The molecule has 1 N–H and O–H groups in total. The van der Waals surface area contributed by atoms with E-state index in [0.717, 1.165) is 10.4 Å². The summed E-state index contributed by atoms with van der Waals surface area (Å²) in [6, 6.07) is 10.6. The van der Waals surface area contributed by atoms with Crippen LogP contribution in [0.4, 0.5) is 0 Å². The lowest BCUT2D eigenvalue weighted by Crippen LogP contribution is -2.22. The molecule has 3 nitrogen and oxygen atoms in total. The number of hydrogen-bond acceptors (Lipinski definition) is 3. The zero-order valence-electron chi connectivity index (χ0n) is 9.38. The smallest absolute Gasteiger partial charge is 0.207 e. The fraction of sp³-hybridized carbons (Fsp3) is 0.167. The summed E-state index contributed by atoms with van der Waals surface area (Å²) in [5.41, 5.74) is 1.04. The predicted octanol–water partition coefficient (Wildman–Crippen LogP) is 2.54. The normalized spacial score (nSPS) is 11.6. The molecule has 0 aliphatic rings. The van der Waals surface area contributed by atoms with Crippen LogP contribution in [0.3, 0.4) is 0 Å². The first-order chi connectivity index (χ1) is 8.08. The molecule has 0 spiro atoms. The summed E-state index contributed by atoms with van der Waals surface area (Å²) in [6.45, 7) is 2.27. The third-order valence-electron chi connectivity index (χ3n) is 2.35. The molecule has 0 radical (unpaired) electrons. The average Bonchev–Trinajstić information content (AvgIpc) is 2.80. The van der Waals surface area contributed by atoms with Crippen molar-refractivity contribution in [2.75, 3.05) is 0 Å². The van der Waals surface area contributed by atoms with Crippen molar-refractivity contribution in [3.8, 4) is 0 Å². The van der Waals surface area contributed by atoms with Gasteiger partial charge in [-0.05, 0) is 30.5 Å². The molecule has 1 aromatic heterocycles. The summed E-state index contributed by atoms with van der Waals surface area (Å²) in [5.74, 6) is 0. The van der Waals surface area contributed by atoms with Gasteiger partial charge in [-0.2, -0.15) is 0 Å². The Balaban J connectivity index is 2.11. The topological polar surface area (TPSA) is 46.2 Å². The lowest BCUT2D eigenvalue weighted by atomic mass is 10.2. The van der Waals surface area contributed by atoms with Crippen LogP contribution in [-0.2, 0) is 16.6 Å². The number of benzene rings is 1. The van der Waals surface area contributed by atoms with E-state index in [9.17, 15) is 8.42 Å². The highest BCUT2D eigenvalue weighted by Gasteiger charge is 2.13. The molecule has 1 aromatic carbocycles. The van der Waals surface area contributed by atoms with Crippen molar-refractivity contribution in [2.45, 2.75) is 18.4 Å². The Kier molecular flexibility index (Phi) is 3.61. The molecular formula is C12H13NO2S2. The quantitative estimate of drug-likeness (QED) is 0.925. The van der Waals surface area contributed by atoms with Gasteiger partial charge in [0.05, 0.1) is 4.90 Å². The largest absolute Gasteiger partial charge is 0.240 e. The van der Waals surface area contributed by atoms with Gasteiger partial charge in [0.25, 0.3) is 0 Å². The van der Waals surface area contributed by atoms with E-state index in [4.69, 9.17) is 0 Å². The van der Waals surface area contributed by atoms with E-state index in [0.29, 0.717) is 11.4 Å². The van der Waals surface area contributed by atoms with Crippen LogP contribution in [0.25, 0.3) is 0 Å². The molecule has 5 heteroatoms. The highest BCUT2D eigenvalue weighted by atomic mass is 32.2. The lowest BCUT2D eigenvalue weighted by Gasteiger charge is -2.05. The number of nitrogens with one attached hydrogen (secondary N) is 1. The molecule has 0 atom stereocenters. The van der Waals surface area contributed by atoms with Crippen molar-refractivity contribution in [1.29, 1.82) is 0 Å². The summed E-state index contributed by atoms with van der Waals surface area (Å²) >= 11 is 1.53. The Bertz CT molecular complexity index is 571. The highest BCUT2D eigenvalue weighted by molar-refractivity contribution is 7.89. The van der Waals surface area contributed by atoms with E-state index in [-0.39, 0.29) is 0 Å². The third-order valence-corrected chi connectivity index (χ3v) is 4.64. The zero-order valence-corrected chi connectivity index (χ0v) is 11.0. The highest BCUT2D eigenvalue weighted by Crippen LogP contribution is 2.12. The monoisotopic (exact) mass is 267 g/mol. The number of aryl methyl sites for hydroxylation is 1. The van der Waals surface area contributed by atoms with E-state index in [1.165, 1.54) is 11.3 Å². The molecular weight excluding hydrogens is 254 g/mol. The second-order valence-corrected chi connectivity index (χ2v) is 6.52. The fourth-order valence-electron chi connectivity index (χ4n) is 1.38. The SMILES string of the molecule is Cc1ccc(S(=O)(=O)NCc2cccs2)cc1. The van der Waals surface area contributed by atoms with E-state index in [1.54, 1.807) is 24.3 Å². The molecule has 17 heavy (non-hydrogen) atoms. The lowest BCUT2D eigenvalue weighted by molar-refractivity contribution is 0.582. The van der Waals surface area contributed by atoms with Gasteiger partial charge in [0.15, 0.2) is 0 Å². The number of sulfonamides is 1. The first-order valence-electron chi connectivity index (χ1n) is 5.17. The van der Waals surface area contributed by atoms with Gasteiger partial charge in [-0.3, -0.25) is 0 Å². The minimum absolute atomic E-state index is 0.305. The fourth-order valence-corrected chi connectivity index (χ4v) is 3.12. The van der Waals surface area contributed by atoms with Crippen molar-refractivity contribution >= 4 is 21.4 Å². The Morgan fingerprint density at radius 3 is 2.47 bits per heavy atom. The first-order valence-corrected chi connectivity index (χ1v) is 7.53. The van der Waals surface area contributed by atoms with Gasteiger partial charge in [0.2, 0.25) is 10.0 Å². The second kappa shape index (κ2) is 5.00. The maximum atomic E-state index is 11.9. The van der Waals surface area contributed by atoms with E-state index in [2.05, 4.69) is 4.72 Å². The zero-order chi connectivity index (χ0) is 12.3. The summed E-state index contributed by atoms with van der Waals surface area (Å²) in [5, 5.41) is 1.93. The van der Waals surface area contributed by atoms with Crippen LogP contribution >= 0.6 is 11.3 Å². The molecule has 0 saturated heterocycles. The predicted molar refractivity (Wildman–Crippen MR) is 69.5 cm³/mol. The molecule has 0 saturated carbocycles. The Morgan fingerprint density at radius 2 is 1.88 bits per heavy atom. The molecule has 2 rings (SSSR count). The minimum atomic E-state index is -3.40. The van der Waals surface area contributed by atoms with Crippen molar-refractivity contribution in [3.63, 3.8) is 0 Å². The maximum Gasteiger partial charge on any atom is 0.240 e. The second-order valence-electron chi connectivity index (χ2n) is 3.72. The number of rotatable bonds is 4. The standard InChI is InChI=1S/C12H13NO2S2/c1-10-4-6-12(7-5-10)17(14,15)13-9-11-3-2-8-16-11/h2-8,13H,9H2,1H3. The maximum absolute atomic E-state index is 11.9. The molecule has 0 bridgehead atoms. The van der Waals surface area contributed by atoms with Crippen LogP contribution in [0.2, 0.25) is 0 Å². The molecule has 0 aliphatic heterocycles. The van der Waals surface area contributed by atoms with Crippen LogP contribution in [0.15, 0.2) is 46.7 Å². The van der Waals surface area contributed by atoms with Crippen LogP contribution in [0, 0.1) is 6.92 Å². The van der Waals surface area contributed by atoms with Gasteiger partial charge in [0, 0.05) is 11.4 Å². The van der Waals surface area contributed by atoms with E-state index >= 15 is 0 Å². The molecule has 0 unspecified atom stereocenters. The van der Waals surface area contributed by atoms with Crippen LogP contribution in [-0.4, -0.2) is 8.42 Å². The summed E-state index contributed by atoms with van der Waals surface area (Å²) in [4.78, 5) is 1.31. The summed E-state index contributed by atoms with van der Waals surface area (Å²) in [7, 11) is -3.40. The minimum Gasteiger partial charge on any atom is -0.207 e. The molecule has 90 valence electrons. The molecule has 1 heterocycles. The molecule has 0 aliphatic carbocycles. The van der Waals surface area contributed by atoms with Crippen LogP contribution in [0.5, 0.6) is 0 Å².